The first-order valence-corrected chi connectivity index (χ1v) is 12.5. The molecule has 2 rings (SSSR count). The molecule has 0 unspecified atom stereocenters. The molecule has 2 aromatic rings. The number of urea groups is 1. The predicted molar refractivity (Wildman–Crippen MR) is 129 cm³/mol. The Balaban J connectivity index is 2.15. The molecule has 0 aromatic heterocycles. The van der Waals surface area contributed by atoms with Gasteiger partial charge in [-0.15, -0.1) is 0 Å². The van der Waals surface area contributed by atoms with E-state index in [1.807, 2.05) is 6.92 Å². The van der Waals surface area contributed by atoms with E-state index in [4.69, 9.17) is 14.7 Å². The summed E-state index contributed by atoms with van der Waals surface area (Å²) in [4.78, 5) is 27.3. The number of rotatable bonds is 13. The summed E-state index contributed by atoms with van der Waals surface area (Å²) in [5.74, 6) is -0.659. The Morgan fingerprint density at radius 2 is 1.58 bits per heavy atom. The van der Waals surface area contributed by atoms with Crippen LogP contribution < -0.4 is 10.2 Å². The Kier molecular flexibility index (Phi) is 11.0. The maximum absolute atomic E-state index is 13.3. The molecule has 0 fully saturated rings. The van der Waals surface area contributed by atoms with Crippen molar-refractivity contribution in [2.45, 2.75) is 11.8 Å². The summed E-state index contributed by atoms with van der Waals surface area (Å²) in [6.07, 6.45) is 0. The van der Waals surface area contributed by atoms with E-state index < -0.39 is 28.3 Å². The molecule has 0 radical (unpaired) electrons. The van der Waals surface area contributed by atoms with Crippen LogP contribution in [0, 0.1) is 5.82 Å². The Hall–Kier alpha value is -3.26. The second-order valence-corrected chi connectivity index (χ2v) is 9.62. The van der Waals surface area contributed by atoms with Crippen LogP contribution in [0.2, 0.25) is 0 Å². The van der Waals surface area contributed by atoms with Gasteiger partial charge in [-0.3, -0.25) is 10.0 Å². The largest absolute Gasteiger partial charge is 0.457 e. The minimum absolute atomic E-state index is 0.00792. The van der Waals surface area contributed by atoms with Crippen LogP contribution in [0.5, 0.6) is 11.5 Å². The van der Waals surface area contributed by atoms with Gasteiger partial charge in [-0.1, -0.05) is 0 Å². The summed E-state index contributed by atoms with van der Waals surface area (Å²) in [5, 5.41) is 8.92. The summed E-state index contributed by atoms with van der Waals surface area (Å²) < 4.78 is 51.0. The fourth-order valence-electron chi connectivity index (χ4n) is 3.14. The summed E-state index contributed by atoms with van der Waals surface area (Å²) in [6, 6.07) is 10.5. The van der Waals surface area contributed by atoms with Gasteiger partial charge in [0.15, 0.2) is 0 Å². The number of hydrogen-bond acceptors (Lipinski definition) is 7. The molecule has 2 N–H and O–H groups in total. The van der Waals surface area contributed by atoms with Crippen LogP contribution in [0.3, 0.4) is 0 Å². The number of amides is 3. The summed E-state index contributed by atoms with van der Waals surface area (Å²) in [6.45, 7) is 2.11. The van der Waals surface area contributed by atoms with E-state index in [0.717, 1.165) is 4.31 Å². The second-order valence-electron chi connectivity index (χ2n) is 7.68. The maximum atomic E-state index is 13.3. The van der Waals surface area contributed by atoms with E-state index in [1.54, 1.807) is 4.90 Å². The van der Waals surface area contributed by atoms with Crippen LogP contribution in [0.25, 0.3) is 0 Å². The molecule has 11 nitrogen and oxygen atoms in total. The number of ether oxygens (including phenoxy) is 2. The first kappa shape index (κ1) is 29.0. The maximum Gasteiger partial charge on any atom is 0.319 e. The standard InChI is InChI=1S/C23H31FN4O7S/c1-4-27(15-16-34-3)23(30)26(2)13-14-28(17-22(29)25-31)36(32,33)21-11-9-20(10-12-21)35-19-7-5-18(24)6-8-19/h5-12,31H,4,13-17H2,1-3H3,(H,25,29). The number of carbonyl (C=O) groups is 2. The topological polar surface area (TPSA) is 129 Å². The van der Waals surface area contributed by atoms with Gasteiger partial charge in [0, 0.05) is 40.3 Å². The van der Waals surface area contributed by atoms with E-state index in [0.29, 0.717) is 31.2 Å². The van der Waals surface area contributed by atoms with Crippen molar-refractivity contribution in [3.63, 3.8) is 0 Å². The normalized spacial score (nSPS) is 11.3. The number of carbonyl (C=O) groups excluding carboxylic acids is 2. The van der Waals surface area contributed by atoms with Crippen LogP contribution in [0.1, 0.15) is 6.92 Å². The van der Waals surface area contributed by atoms with Crippen molar-refractivity contribution in [3.8, 4) is 11.5 Å². The van der Waals surface area contributed by atoms with Gasteiger partial charge < -0.3 is 19.3 Å². The zero-order valence-corrected chi connectivity index (χ0v) is 21.2. The lowest BCUT2D eigenvalue weighted by atomic mass is 10.3. The highest BCUT2D eigenvalue weighted by molar-refractivity contribution is 7.89. The Labute approximate surface area is 210 Å². The zero-order chi connectivity index (χ0) is 26.7. The van der Waals surface area contributed by atoms with Crippen molar-refractivity contribution < 1.29 is 37.1 Å². The zero-order valence-electron chi connectivity index (χ0n) is 20.4. The molecular formula is C23H31FN4O7S. The van der Waals surface area contributed by atoms with Crippen LogP contribution >= 0.6 is 0 Å². The minimum atomic E-state index is -4.18. The van der Waals surface area contributed by atoms with E-state index >= 15 is 0 Å². The quantitative estimate of drug-likeness (QED) is 0.302. The third-order valence-electron chi connectivity index (χ3n) is 5.18. The third kappa shape index (κ3) is 8.16. The van der Waals surface area contributed by atoms with Gasteiger partial charge in [0.25, 0.3) is 5.91 Å². The number of nitrogens with zero attached hydrogens (tertiary/aromatic N) is 3. The molecule has 0 spiro atoms. The molecule has 0 saturated carbocycles. The predicted octanol–water partition coefficient (Wildman–Crippen LogP) is 2.13. The number of likely N-dealkylation sites (N-methyl/N-ethyl adjacent to an activating group) is 2. The Morgan fingerprint density at radius 1 is 1.00 bits per heavy atom. The highest BCUT2D eigenvalue weighted by Crippen LogP contribution is 2.24. The highest BCUT2D eigenvalue weighted by atomic mass is 32.2. The van der Waals surface area contributed by atoms with E-state index in [2.05, 4.69) is 0 Å². The average molecular weight is 527 g/mol. The second kappa shape index (κ2) is 13.7. The number of halogens is 1. The molecule has 13 heteroatoms. The van der Waals surface area contributed by atoms with Gasteiger partial charge in [-0.25, -0.2) is 23.1 Å². The van der Waals surface area contributed by atoms with Crippen molar-refractivity contribution in [3.05, 3.63) is 54.3 Å². The van der Waals surface area contributed by atoms with Crippen molar-refractivity contribution in [1.82, 2.24) is 19.6 Å². The van der Waals surface area contributed by atoms with Crippen molar-refractivity contribution in [2.24, 2.45) is 0 Å². The van der Waals surface area contributed by atoms with Gasteiger partial charge in [0.2, 0.25) is 10.0 Å². The lowest BCUT2D eigenvalue weighted by Crippen LogP contribution is -2.47. The molecule has 36 heavy (non-hydrogen) atoms. The molecule has 3 amide bonds. The van der Waals surface area contributed by atoms with E-state index in [1.165, 1.54) is 73.1 Å². The van der Waals surface area contributed by atoms with Crippen LogP contribution in [0.15, 0.2) is 53.4 Å². The first-order chi connectivity index (χ1) is 17.1. The van der Waals surface area contributed by atoms with Crippen LogP contribution in [-0.4, -0.2) is 93.2 Å². The Morgan fingerprint density at radius 3 is 2.11 bits per heavy atom. The lowest BCUT2D eigenvalue weighted by molar-refractivity contribution is -0.129. The van der Waals surface area contributed by atoms with E-state index in [-0.39, 0.29) is 24.0 Å². The van der Waals surface area contributed by atoms with Crippen molar-refractivity contribution in [2.75, 3.05) is 53.5 Å². The fraction of sp³-hybridized carbons (Fsp3) is 0.391. The van der Waals surface area contributed by atoms with Gasteiger partial charge in [-0.2, -0.15) is 4.31 Å². The van der Waals surface area contributed by atoms with Gasteiger partial charge in [-0.05, 0) is 55.5 Å². The highest BCUT2D eigenvalue weighted by Gasteiger charge is 2.28. The molecular weight excluding hydrogens is 495 g/mol. The molecule has 0 heterocycles. The van der Waals surface area contributed by atoms with Gasteiger partial charge in [0.05, 0.1) is 18.0 Å². The number of nitrogens with one attached hydrogen (secondary N) is 1. The van der Waals surface area contributed by atoms with E-state index in [9.17, 15) is 22.4 Å². The monoisotopic (exact) mass is 526 g/mol. The van der Waals surface area contributed by atoms with Crippen LogP contribution in [0.4, 0.5) is 9.18 Å². The number of hydrogen-bond donors (Lipinski definition) is 2. The summed E-state index contributed by atoms with van der Waals surface area (Å²) in [5.41, 5.74) is 1.43. The number of sulfonamides is 1. The number of hydroxylamine groups is 1. The van der Waals surface area contributed by atoms with Crippen molar-refractivity contribution >= 4 is 22.0 Å². The molecule has 0 saturated heterocycles. The average Bonchev–Trinajstić information content (AvgIpc) is 2.88. The van der Waals surface area contributed by atoms with Gasteiger partial charge in [0.1, 0.15) is 17.3 Å². The fourth-order valence-corrected chi connectivity index (χ4v) is 4.52. The minimum Gasteiger partial charge on any atom is -0.457 e. The van der Waals surface area contributed by atoms with Gasteiger partial charge >= 0.3 is 6.03 Å². The molecule has 198 valence electrons. The van der Waals surface area contributed by atoms with Crippen molar-refractivity contribution in [1.29, 1.82) is 0 Å². The number of methoxy groups -OCH3 is 1. The summed E-state index contributed by atoms with van der Waals surface area (Å²) >= 11 is 0. The third-order valence-corrected chi connectivity index (χ3v) is 7.04. The SMILES string of the molecule is CCN(CCOC)C(=O)N(C)CCN(CC(=O)NO)S(=O)(=O)c1ccc(Oc2ccc(F)cc2)cc1. The number of benzene rings is 2. The molecule has 0 aliphatic carbocycles. The molecule has 0 aliphatic heterocycles. The smallest absolute Gasteiger partial charge is 0.319 e. The molecule has 0 aliphatic rings. The molecule has 2 aromatic carbocycles. The summed E-state index contributed by atoms with van der Waals surface area (Å²) in [7, 11) is -1.13. The first-order valence-electron chi connectivity index (χ1n) is 11.1. The molecule has 0 bridgehead atoms. The Bertz CT molecular complexity index is 1100. The lowest BCUT2D eigenvalue weighted by Gasteiger charge is -2.29. The molecule has 0 atom stereocenters. The van der Waals surface area contributed by atoms with Crippen LogP contribution in [-0.2, 0) is 19.6 Å².